The van der Waals surface area contributed by atoms with Gasteiger partial charge in [0, 0.05) is 53.2 Å². The maximum absolute atomic E-state index is 13.4. The summed E-state index contributed by atoms with van der Waals surface area (Å²) in [7, 11) is 0. The number of hydrogen-bond donors (Lipinski definition) is 0. The van der Waals surface area contributed by atoms with Crippen LogP contribution in [0.2, 0.25) is 10.0 Å². The molecule has 0 unspecified atom stereocenters. The number of carbonyl (C=O) groups is 2. The molecule has 0 radical (unpaired) electrons. The molecule has 5 nitrogen and oxygen atoms in total. The fourth-order valence-corrected chi connectivity index (χ4v) is 6.15. The summed E-state index contributed by atoms with van der Waals surface area (Å²) in [6.07, 6.45) is 1.72. The zero-order valence-corrected chi connectivity index (χ0v) is 21.7. The van der Waals surface area contributed by atoms with Crippen LogP contribution in [0.3, 0.4) is 0 Å². The molecular formula is C27H27Cl2N3O2S. The van der Waals surface area contributed by atoms with Crippen molar-refractivity contribution in [3.8, 4) is 0 Å². The lowest BCUT2D eigenvalue weighted by atomic mass is 9.93. The van der Waals surface area contributed by atoms with Crippen LogP contribution in [0.5, 0.6) is 0 Å². The summed E-state index contributed by atoms with van der Waals surface area (Å²) in [5.41, 5.74) is 3.06. The molecule has 0 bridgehead atoms. The number of hydrogen-bond acceptors (Lipinski definition) is 4. The molecule has 35 heavy (non-hydrogen) atoms. The van der Waals surface area contributed by atoms with E-state index in [4.69, 9.17) is 23.2 Å². The molecule has 2 aliphatic rings. The van der Waals surface area contributed by atoms with Crippen LogP contribution in [-0.2, 0) is 11.2 Å². The molecule has 2 aliphatic heterocycles. The second-order valence-corrected chi connectivity index (χ2v) is 10.9. The predicted octanol–water partition coefficient (Wildman–Crippen LogP) is 5.38. The van der Waals surface area contributed by atoms with Gasteiger partial charge in [0.25, 0.3) is 5.91 Å². The maximum Gasteiger partial charge on any atom is 0.253 e. The van der Waals surface area contributed by atoms with Crippen molar-refractivity contribution in [3.05, 3.63) is 91.6 Å². The zero-order valence-electron chi connectivity index (χ0n) is 19.3. The highest BCUT2D eigenvalue weighted by molar-refractivity contribution is 7.10. The molecule has 182 valence electrons. The number of halogens is 2. The molecule has 3 heterocycles. The molecule has 3 aromatic rings. The van der Waals surface area contributed by atoms with E-state index in [1.54, 1.807) is 35.6 Å². The van der Waals surface area contributed by atoms with E-state index < -0.39 is 0 Å². The Morgan fingerprint density at radius 1 is 0.829 bits per heavy atom. The van der Waals surface area contributed by atoms with Gasteiger partial charge >= 0.3 is 0 Å². The SMILES string of the molecule is O=C(CN1CCc2sccc2[C@@H]1c1ccc(Cl)cc1)N1CCCN(C(=O)c2ccc(Cl)cc2)CC1. The van der Waals surface area contributed by atoms with Gasteiger partial charge in [0.2, 0.25) is 5.91 Å². The van der Waals surface area contributed by atoms with Gasteiger partial charge in [-0.25, -0.2) is 0 Å². The third-order valence-corrected chi connectivity index (χ3v) is 8.32. The van der Waals surface area contributed by atoms with Crippen molar-refractivity contribution in [2.45, 2.75) is 18.9 Å². The first-order valence-corrected chi connectivity index (χ1v) is 13.5. The average Bonchev–Trinajstić information content (AvgIpc) is 3.20. The van der Waals surface area contributed by atoms with Gasteiger partial charge in [-0.3, -0.25) is 14.5 Å². The number of rotatable bonds is 4. The third-order valence-electron chi connectivity index (χ3n) is 6.82. The number of fused-ring (bicyclic) bond motifs is 1. The summed E-state index contributed by atoms with van der Waals surface area (Å²) in [5.74, 6) is 0.100. The minimum atomic E-state index is -0.0141. The normalized spacial score (nSPS) is 18.7. The summed E-state index contributed by atoms with van der Waals surface area (Å²) >= 11 is 13.9. The standard InChI is InChI=1S/C27H27Cl2N3O2S/c28-21-6-2-19(3-7-21)26-23-11-17-35-24(23)10-14-32(26)18-25(33)30-12-1-13-31(16-15-30)27(34)20-4-8-22(29)9-5-20/h2-9,11,17,26H,1,10,12-16,18H2/t26-/m0/s1. The highest BCUT2D eigenvalue weighted by atomic mass is 35.5. The summed E-state index contributed by atoms with van der Waals surface area (Å²) in [4.78, 5) is 33.8. The number of benzene rings is 2. The Bertz CT molecular complexity index is 1200. The van der Waals surface area contributed by atoms with Crippen molar-refractivity contribution in [1.29, 1.82) is 0 Å². The van der Waals surface area contributed by atoms with Crippen LogP contribution in [-0.4, -0.2) is 65.8 Å². The first-order chi connectivity index (χ1) is 17.0. The van der Waals surface area contributed by atoms with E-state index in [-0.39, 0.29) is 17.9 Å². The molecule has 0 spiro atoms. The Morgan fingerprint density at radius 2 is 1.49 bits per heavy atom. The van der Waals surface area contributed by atoms with Crippen LogP contribution >= 0.6 is 34.5 Å². The Labute approximate surface area is 219 Å². The van der Waals surface area contributed by atoms with Crippen LogP contribution in [0.1, 0.15) is 38.8 Å². The minimum absolute atomic E-state index is 0.0141. The van der Waals surface area contributed by atoms with Crippen LogP contribution in [0.25, 0.3) is 0 Å². The van der Waals surface area contributed by atoms with Gasteiger partial charge in [0.1, 0.15) is 0 Å². The largest absolute Gasteiger partial charge is 0.340 e. The quantitative estimate of drug-likeness (QED) is 0.457. The molecule has 1 fully saturated rings. The van der Waals surface area contributed by atoms with Crippen molar-refractivity contribution in [2.24, 2.45) is 0 Å². The second kappa shape index (κ2) is 10.7. The van der Waals surface area contributed by atoms with E-state index in [2.05, 4.69) is 28.5 Å². The van der Waals surface area contributed by atoms with Crippen LogP contribution in [0.4, 0.5) is 0 Å². The Hall–Kier alpha value is -2.38. The molecule has 0 aliphatic carbocycles. The van der Waals surface area contributed by atoms with Crippen LogP contribution in [0.15, 0.2) is 60.0 Å². The fourth-order valence-electron chi connectivity index (χ4n) is 4.99. The summed E-state index contributed by atoms with van der Waals surface area (Å²) in [6.45, 7) is 3.56. The molecule has 1 atom stereocenters. The van der Waals surface area contributed by atoms with Crippen molar-refractivity contribution in [2.75, 3.05) is 39.3 Å². The van der Waals surface area contributed by atoms with E-state index in [1.807, 2.05) is 21.9 Å². The molecule has 1 saturated heterocycles. The van der Waals surface area contributed by atoms with Gasteiger partial charge in [-0.15, -0.1) is 11.3 Å². The van der Waals surface area contributed by atoms with E-state index in [0.717, 1.165) is 24.9 Å². The Kier molecular flexibility index (Phi) is 7.44. The summed E-state index contributed by atoms with van der Waals surface area (Å²) in [6, 6.07) is 17.1. The number of nitrogens with zero attached hydrogens (tertiary/aromatic N) is 3. The monoisotopic (exact) mass is 527 g/mol. The Morgan fingerprint density at radius 3 is 2.23 bits per heavy atom. The molecule has 0 saturated carbocycles. The first-order valence-electron chi connectivity index (χ1n) is 11.9. The van der Waals surface area contributed by atoms with Gasteiger partial charge in [0.05, 0.1) is 12.6 Å². The van der Waals surface area contributed by atoms with Gasteiger partial charge in [-0.2, -0.15) is 0 Å². The fraction of sp³-hybridized carbons (Fsp3) is 0.333. The van der Waals surface area contributed by atoms with Crippen molar-refractivity contribution in [1.82, 2.24) is 14.7 Å². The zero-order chi connectivity index (χ0) is 24.4. The van der Waals surface area contributed by atoms with E-state index in [9.17, 15) is 9.59 Å². The molecule has 2 amide bonds. The van der Waals surface area contributed by atoms with Crippen molar-refractivity contribution in [3.63, 3.8) is 0 Å². The summed E-state index contributed by atoms with van der Waals surface area (Å²) < 4.78 is 0. The van der Waals surface area contributed by atoms with Gasteiger partial charge in [-0.05, 0) is 71.8 Å². The average molecular weight is 529 g/mol. The van der Waals surface area contributed by atoms with Gasteiger partial charge < -0.3 is 9.80 Å². The van der Waals surface area contributed by atoms with Gasteiger partial charge in [0.15, 0.2) is 0 Å². The molecule has 2 aromatic carbocycles. The van der Waals surface area contributed by atoms with E-state index in [1.165, 1.54) is 10.4 Å². The highest BCUT2D eigenvalue weighted by Gasteiger charge is 2.32. The number of thiophene rings is 1. The smallest absolute Gasteiger partial charge is 0.253 e. The van der Waals surface area contributed by atoms with E-state index >= 15 is 0 Å². The summed E-state index contributed by atoms with van der Waals surface area (Å²) in [5, 5.41) is 3.46. The molecule has 0 N–H and O–H groups in total. The predicted molar refractivity (Wildman–Crippen MR) is 141 cm³/mol. The lowest BCUT2D eigenvalue weighted by Gasteiger charge is -2.37. The van der Waals surface area contributed by atoms with Gasteiger partial charge in [-0.1, -0.05) is 35.3 Å². The number of carbonyl (C=O) groups excluding carboxylic acids is 2. The van der Waals surface area contributed by atoms with Crippen LogP contribution < -0.4 is 0 Å². The molecule has 1 aromatic heterocycles. The topological polar surface area (TPSA) is 43.9 Å². The maximum atomic E-state index is 13.4. The molecule has 5 rings (SSSR count). The van der Waals surface area contributed by atoms with Crippen molar-refractivity contribution >= 4 is 46.4 Å². The second-order valence-electron chi connectivity index (χ2n) is 9.01. The molecular weight excluding hydrogens is 501 g/mol. The van der Waals surface area contributed by atoms with Crippen molar-refractivity contribution < 1.29 is 9.59 Å². The lowest BCUT2D eigenvalue weighted by molar-refractivity contribution is -0.132. The third kappa shape index (κ3) is 5.41. The van der Waals surface area contributed by atoms with Crippen LogP contribution in [0, 0.1) is 0 Å². The number of amides is 2. The minimum Gasteiger partial charge on any atom is -0.340 e. The first kappa shape index (κ1) is 24.3. The highest BCUT2D eigenvalue weighted by Crippen LogP contribution is 2.38. The molecule has 8 heteroatoms. The Balaban J connectivity index is 1.27. The van der Waals surface area contributed by atoms with E-state index in [0.29, 0.717) is 48.3 Å². The lowest BCUT2D eigenvalue weighted by Crippen LogP contribution is -2.45.